The predicted molar refractivity (Wildman–Crippen MR) is 243 cm³/mol. The minimum atomic E-state index is -0.761. The Morgan fingerprint density at radius 1 is 0.351 bits per heavy atom. The number of hydrogen-bond donors (Lipinski definition) is 0. The fourth-order valence-electron chi connectivity index (χ4n) is 7.18. The largest absolute Gasteiger partial charge is 0.462 e. The van der Waals surface area contributed by atoms with Gasteiger partial charge in [0.2, 0.25) is 0 Å². The van der Waals surface area contributed by atoms with Crippen LogP contribution in [0.25, 0.3) is 0 Å². The van der Waals surface area contributed by atoms with E-state index in [2.05, 4.69) is 45.1 Å². The summed E-state index contributed by atoms with van der Waals surface area (Å²) in [6, 6.07) is 0. The van der Waals surface area contributed by atoms with Crippen LogP contribution in [0.2, 0.25) is 0 Å². The molecule has 0 saturated heterocycles. The maximum Gasteiger partial charge on any atom is 0.306 e. The van der Waals surface area contributed by atoms with Crippen LogP contribution in [-0.4, -0.2) is 37.2 Å². The van der Waals surface area contributed by atoms with Crippen molar-refractivity contribution in [1.29, 1.82) is 0 Å². The van der Waals surface area contributed by atoms with Gasteiger partial charge in [0.15, 0.2) is 6.10 Å². The maximum atomic E-state index is 12.6. The van der Waals surface area contributed by atoms with Crippen LogP contribution >= 0.6 is 0 Å². The van der Waals surface area contributed by atoms with Gasteiger partial charge in [-0.2, -0.15) is 0 Å². The number of esters is 3. The summed E-state index contributed by atoms with van der Waals surface area (Å²) in [7, 11) is 0. The summed E-state index contributed by atoms with van der Waals surface area (Å²) in [6.45, 7) is 6.55. The normalized spacial score (nSPS) is 12.1. The van der Waals surface area contributed by atoms with Crippen molar-refractivity contribution in [1.82, 2.24) is 0 Å². The van der Waals surface area contributed by atoms with Gasteiger partial charge in [0.25, 0.3) is 0 Å². The van der Waals surface area contributed by atoms with Gasteiger partial charge >= 0.3 is 17.9 Å². The van der Waals surface area contributed by atoms with Gasteiger partial charge < -0.3 is 14.2 Å². The smallest absolute Gasteiger partial charge is 0.306 e. The standard InChI is InChI=1S/C51H94O6/c1-4-7-10-13-16-18-19-20-21-22-23-24-25-26-27-28-29-30-31-32-33-34-36-38-41-44-50(53)56-47-48(46-55-49(52)43-40-37-15-12-9-6-3)57-51(54)45-42-39-35-17-14-11-8-5-2/h19-20,22-23,48H,4-18,21,24-47H2,1-3H3/b20-19-,23-22-. The van der Waals surface area contributed by atoms with Gasteiger partial charge in [-0.25, -0.2) is 0 Å². The molecular weight excluding hydrogens is 709 g/mol. The first-order chi connectivity index (χ1) is 28.0. The minimum absolute atomic E-state index is 0.0684. The zero-order chi connectivity index (χ0) is 41.5. The third-order valence-corrected chi connectivity index (χ3v) is 11.0. The van der Waals surface area contributed by atoms with Gasteiger partial charge in [0, 0.05) is 19.3 Å². The molecule has 0 spiro atoms. The van der Waals surface area contributed by atoms with Crippen molar-refractivity contribution in [2.45, 2.75) is 271 Å². The summed E-state index contributed by atoms with van der Waals surface area (Å²) >= 11 is 0. The Morgan fingerprint density at radius 3 is 0.965 bits per heavy atom. The molecule has 0 saturated carbocycles. The summed E-state index contributed by atoms with van der Waals surface area (Å²) in [5, 5.41) is 0. The minimum Gasteiger partial charge on any atom is -0.462 e. The molecule has 0 amide bonds. The van der Waals surface area contributed by atoms with Crippen LogP contribution in [0.5, 0.6) is 0 Å². The van der Waals surface area contributed by atoms with E-state index in [9.17, 15) is 14.4 Å². The van der Waals surface area contributed by atoms with Crippen molar-refractivity contribution < 1.29 is 28.6 Å². The van der Waals surface area contributed by atoms with E-state index in [1.807, 2.05) is 0 Å². The number of carbonyl (C=O) groups excluding carboxylic acids is 3. The number of hydrogen-bond acceptors (Lipinski definition) is 6. The fourth-order valence-corrected chi connectivity index (χ4v) is 7.18. The Hall–Kier alpha value is -2.11. The van der Waals surface area contributed by atoms with Gasteiger partial charge in [-0.3, -0.25) is 14.4 Å². The van der Waals surface area contributed by atoms with Gasteiger partial charge in [0.05, 0.1) is 0 Å². The van der Waals surface area contributed by atoms with Crippen molar-refractivity contribution >= 4 is 17.9 Å². The molecule has 334 valence electrons. The van der Waals surface area contributed by atoms with Crippen LogP contribution in [0.15, 0.2) is 24.3 Å². The van der Waals surface area contributed by atoms with E-state index in [1.54, 1.807) is 0 Å². The Bertz CT molecular complexity index is 927. The molecule has 0 aliphatic carbocycles. The average molecular weight is 803 g/mol. The molecule has 6 nitrogen and oxygen atoms in total. The lowest BCUT2D eigenvalue weighted by atomic mass is 10.0. The molecule has 0 aliphatic heterocycles. The number of ether oxygens (including phenoxy) is 3. The van der Waals surface area contributed by atoms with E-state index in [1.165, 1.54) is 161 Å². The average Bonchev–Trinajstić information content (AvgIpc) is 3.21. The SMILES string of the molecule is CCCCCCC/C=C\C/C=C\CCCCCCCCCCCCCCCC(=O)OCC(COC(=O)CCCCCCCC)OC(=O)CCCCCCCCCC. The monoisotopic (exact) mass is 803 g/mol. The summed E-state index contributed by atoms with van der Waals surface area (Å²) in [5.41, 5.74) is 0. The Labute approximate surface area is 353 Å². The summed E-state index contributed by atoms with van der Waals surface area (Å²) < 4.78 is 16.6. The Morgan fingerprint density at radius 2 is 0.632 bits per heavy atom. The highest BCUT2D eigenvalue weighted by molar-refractivity contribution is 5.71. The Balaban J connectivity index is 3.98. The van der Waals surface area contributed by atoms with E-state index in [4.69, 9.17) is 14.2 Å². The van der Waals surface area contributed by atoms with Crippen LogP contribution in [0.4, 0.5) is 0 Å². The van der Waals surface area contributed by atoms with Crippen molar-refractivity contribution in [3.05, 3.63) is 24.3 Å². The molecule has 0 radical (unpaired) electrons. The van der Waals surface area contributed by atoms with E-state index < -0.39 is 6.10 Å². The molecule has 57 heavy (non-hydrogen) atoms. The lowest BCUT2D eigenvalue weighted by Gasteiger charge is -2.18. The van der Waals surface area contributed by atoms with Crippen molar-refractivity contribution in [2.75, 3.05) is 13.2 Å². The van der Waals surface area contributed by atoms with Gasteiger partial charge in [0.1, 0.15) is 13.2 Å². The zero-order valence-electron chi connectivity index (χ0n) is 38.1. The molecule has 0 heterocycles. The van der Waals surface area contributed by atoms with E-state index >= 15 is 0 Å². The first-order valence-electron chi connectivity index (χ1n) is 24.8. The number of allylic oxidation sites excluding steroid dienone is 4. The first-order valence-corrected chi connectivity index (χ1v) is 24.8. The summed E-state index contributed by atoms with van der Waals surface area (Å²) in [6.07, 6.45) is 52.1. The molecule has 0 rings (SSSR count). The third kappa shape index (κ3) is 44.8. The highest BCUT2D eigenvalue weighted by Gasteiger charge is 2.19. The highest BCUT2D eigenvalue weighted by atomic mass is 16.6. The van der Waals surface area contributed by atoms with Crippen LogP contribution in [0, 0.1) is 0 Å². The molecular formula is C51H94O6. The molecule has 0 N–H and O–H groups in total. The van der Waals surface area contributed by atoms with E-state index in [0.717, 1.165) is 64.2 Å². The van der Waals surface area contributed by atoms with Crippen molar-refractivity contribution in [3.8, 4) is 0 Å². The summed E-state index contributed by atoms with van der Waals surface area (Å²) in [4.78, 5) is 37.5. The highest BCUT2D eigenvalue weighted by Crippen LogP contribution is 2.15. The van der Waals surface area contributed by atoms with Gasteiger partial charge in [-0.1, -0.05) is 218 Å². The number of rotatable bonds is 45. The van der Waals surface area contributed by atoms with Crippen molar-refractivity contribution in [3.63, 3.8) is 0 Å². The van der Waals surface area contributed by atoms with Crippen LogP contribution in [0.3, 0.4) is 0 Å². The van der Waals surface area contributed by atoms with Gasteiger partial charge in [-0.15, -0.1) is 0 Å². The second kappa shape index (κ2) is 46.6. The van der Waals surface area contributed by atoms with E-state index in [0.29, 0.717) is 19.3 Å². The zero-order valence-corrected chi connectivity index (χ0v) is 38.1. The van der Waals surface area contributed by atoms with Crippen LogP contribution < -0.4 is 0 Å². The number of unbranched alkanes of at least 4 members (excludes halogenated alkanes) is 30. The molecule has 0 fully saturated rings. The molecule has 1 atom stereocenters. The molecule has 0 aromatic heterocycles. The quantitative estimate of drug-likeness (QED) is 0.0264. The van der Waals surface area contributed by atoms with Crippen molar-refractivity contribution in [2.24, 2.45) is 0 Å². The second-order valence-corrected chi connectivity index (χ2v) is 16.7. The fraction of sp³-hybridized carbons (Fsp3) is 0.863. The topological polar surface area (TPSA) is 78.9 Å². The second-order valence-electron chi connectivity index (χ2n) is 16.7. The molecule has 6 heteroatoms. The summed E-state index contributed by atoms with van der Waals surface area (Å²) in [5.74, 6) is -0.876. The van der Waals surface area contributed by atoms with Gasteiger partial charge in [-0.05, 0) is 51.4 Å². The molecule has 0 aliphatic rings. The maximum absolute atomic E-state index is 12.6. The third-order valence-electron chi connectivity index (χ3n) is 11.0. The molecule has 0 aromatic carbocycles. The molecule has 1 unspecified atom stereocenters. The van der Waals surface area contributed by atoms with Crippen LogP contribution in [-0.2, 0) is 28.6 Å². The molecule has 0 aromatic rings. The van der Waals surface area contributed by atoms with Crippen LogP contribution in [0.1, 0.15) is 265 Å². The number of carbonyl (C=O) groups is 3. The Kier molecular flexibility index (Phi) is 44.9. The lowest BCUT2D eigenvalue weighted by Crippen LogP contribution is -2.30. The van der Waals surface area contributed by atoms with E-state index in [-0.39, 0.29) is 31.1 Å². The lowest BCUT2D eigenvalue weighted by molar-refractivity contribution is -0.167. The predicted octanol–water partition coefficient (Wildman–Crippen LogP) is 16.0. The first kappa shape index (κ1) is 54.9. The molecule has 0 bridgehead atoms.